The predicted octanol–water partition coefficient (Wildman–Crippen LogP) is 2.12. The number of carbonyl (C=O) groups is 2. The van der Waals surface area contributed by atoms with Crippen molar-refractivity contribution in [3.05, 3.63) is 48.0 Å². The van der Waals surface area contributed by atoms with Crippen molar-refractivity contribution in [1.82, 2.24) is 4.31 Å². The van der Waals surface area contributed by atoms with Crippen molar-refractivity contribution < 1.29 is 22.7 Å². The molecule has 4 rings (SSSR count). The number of hydrogen-bond acceptors (Lipinski definition) is 5. The highest BCUT2D eigenvalue weighted by Crippen LogP contribution is 2.36. The van der Waals surface area contributed by atoms with Crippen LogP contribution in [0.15, 0.2) is 47.4 Å². The molecule has 0 bridgehead atoms. The summed E-state index contributed by atoms with van der Waals surface area (Å²) >= 11 is 0. The van der Waals surface area contributed by atoms with Gasteiger partial charge in [-0.15, -0.1) is 0 Å². The molecule has 0 aromatic heterocycles. The van der Waals surface area contributed by atoms with E-state index in [1.807, 2.05) is 6.07 Å². The molecule has 9 heteroatoms. The molecule has 0 unspecified atom stereocenters. The average Bonchev–Trinajstić information content (AvgIpc) is 3.19. The van der Waals surface area contributed by atoms with Gasteiger partial charge in [-0.2, -0.15) is 4.31 Å². The molecule has 1 saturated heterocycles. The number of nitrogens with one attached hydrogen (secondary N) is 2. The summed E-state index contributed by atoms with van der Waals surface area (Å²) in [5, 5.41) is 5.46. The van der Waals surface area contributed by atoms with E-state index in [9.17, 15) is 18.0 Å². The Hall–Kier alpha value is -2.91. The summed E-state index contributed by atoms with van der Waals surface area (Å²) in [4.78, 5) is 24.3. The number of para-hydroxylation sites is 1. The first kappa shape index (κ1) is 19.4. The van der Waals surface area contributed by atoms with Gasteiger partial charge in [0.2, 0.25) is 15.9 Å². The molecular weight excluding hydrogens is 394 g/mol. The SMILES string of the molecule is Cc1cc2c(cc1S(=O)(=O)N1CCC[C@H]1C(=O)Nc1ccccc1)OCC(=O)N2. The summed E-state index contributed by atoms with van der Waals surface area (Å²) in [5.74, 6) is -0.334. The van der Waals surface area contributed by atoms with Gasteiger partial charge in [-0.3, -0.25) is 9.59 Å². The van der Waals surface area contributed by atoms with Gasteiger partial charge in [-0.25, -0.2) is 8.42 Å². The minimum atomic E-state index is -3.92. The first-order valence-corrected chi connectivity index (χ1v) is 10.8. The highest BCUT2D eigenvalue weighted by Gasteiger charge is 2.40. The largest absolute Gasteiger partial charge is 0.482 e. The van der Waals surface area contributed by atoms with Gasteiger partial charge in [0.05, 0.1) is 10.6 Å². The molecule has 0 saturated carbocycles. The highest BCUT2D eigenvalue weighted by atomic mass is 32.2. The number of sulfonamides is 1. The van der Waals surface area contributed by atoms with Crippen LogP contribution in [0.3, 0.4) is 0 Å². The molecule has 29 heavy (non-hydrogen) atoms. The molecule has 8 nitrogen and oxygen atoms in total. The van der Waals surface area contributed by atoms with Gasteiger partial charge in [0.1, 0.15) is 11.8 Å². The molecule has 2 aliphatic rings. The summed E-state index contributed by atoms with van der Waals surface area (Å²) in [5.41, 5.74) is 1.54. The van der Waals surface area contributed by atoms with Crippen molar-refractivity contribution in [3.8, 4) is 5.75 Å². The zero-order valence-electron chi connectivity index (χ0n) is 15.8. The number of rotatable bonds is 4. The van der Waals surface area contributed by atoms with E-state index < -0.39 is 16.1 Å². The van der Waals surface area contributed by atoms with E-state index in [0.717, 1.165) is 0 Å². The Bertz CT molecular complexity index is 1070. The monoisotopic (exact) mass is 415 g/mol. The average molecular weight is 415 g/mol. The van der Waals surface area contributed by atoms with Crippen LogP contribution < -0.4 is 15.4 Å². The Morgan fingerprint density at radius 1 is 1.24 bits per heavy atom. The number of hydrogen-bond donors (Lipinski definition) is 2. The minimum Gasteiger partial charge on any atom is -0.482 e. The van der Waals surface area contributed by atoms with E-state index in [1.165, 1.54) is 10.4 Å². The second kappa shape index (κ2) is 7.49. The van der Waals surface area contributed by atoms with Crippen molar-refractivity contribution in [2.45, 2.75) is 30.7 Å². The standard InChI is InChI=1S/C20H21N3O5S/c1-13-10-15-17(28-12-19(24)22-15)11-18(13)29(26,27)23-9-5-8-16(23)20(25)21-14-6-3-2-4-7-14/h2-4,6-7,10-11,16H,5,8-9,12H2,1H3,(H,21,25)(H,22,24)/t16-/m0/s1. The molecule has 0 radical (unpaired) electrons. The van der Waals surface area contributed by atoms with Crippen LogP contribution in [0.4, 0.5) is 11.4 Å². The fourth-order valence-corrected chi connectivity index (χ4v) is 5.54. The molecule has 0 aliphatic carbocycles. The summed E-state index contributed by atoms with van der Waals surface area (Å²) in [6.45, 7) is 1.76. The quantitative estimate of drug-likeness (QED) is 0.796. The molecule has 2 amide bonds. The number of amides is 2. The van der Waals surface area contributed by atoms with Crippen LogP contribution in [0, 0.1) is 6.92 Å². The summed E-state index contributed by atoms with van der Waals surface area (Å²) in [7, 11) is -3.92. The zero-order valence-corrected chi connectivity index (χ0v) is 16.7. The normalized spacial score (nSPS) is 19.2. The number of aryl methyl sites for hydroxylation is 1. The number of fused-ring (bicyclic) bond motifs is 1. The van der Waals surface area contributed by atoms with E-state index in [-0.39, 0.29) is 29.9 Å². The second-order valence-corrected chi connectivity index (χ2v) is 8.94. The maximum absolute atomic E-state index is 13.4. The third kappa shape index (κ3) is 3.70. The maximum atomic E-state index is 13.4. The lowest BCUT2D eigenvalue weighted by molar-refractivity contribution is -0.119. The molecular formula is C20H21N3O5S. The first-order chi connectivity index (χ1) is 13.9. The highest BCUT2D eigenvalue weighted by molar-refractivity contribution is 7.89. The van der Waals surface area contributed by atoms with Crippen LogP contribution in [-0.2, 0) is 19.6 Å². The summed E-state index contributed by atoms with van der Waals surface area (Å²) < 4.78 is 33.4. The van der Waals surface area contributed by atoms with E-state index in [0.29, 0.717) is 35.5 Å². The van der Waals surface area contributed by atoms with E-state index in [1.54, 1.807) is 37.3 Å². The van der Waals surface area contributed by atoms with E-state index >= 15 is 0 Å². The molecule has 2 heterocycles. The molecule has 1 fully saturated rings. The Balaban J connectivity index is 1.62. The third-order valence-corrected chi connectivity index (χ3v) is 7.09. The van der Waals surface area contributed by atoms with Crippen molar-refractivity contribution in [3.63, 3.8) is 0 Å². The van der Waals surface area contributed by atoms with Crippen molar-refractivity contribution in [1.29, 1.82) is 0 Å². The van der Waals surface area contributed by atoms with Crippen LogP contribution in [-0.4, -0.2) is 43.7 Å². The summed E-state index contributed by atoms with van der Waals surface area (Å²) in [6.07, 6.45) is 1.05. The molecule has 2 aromatic rings. The Morgan fingerprint density at radius 3 is 2.76 bits per heavy atom. The van der Waals surface area contributed by atoms with Gasteiger partial charge < -0.3 is 15.4 Å². The smallest absolute Gasteiger partial charge is 0.262 e. The molecule has 2 aliphatic heterocycles. The van der Waals surface area contributed by atoms with Gasteiger partial charge >= 0.3 is 0 Å². The molecule has 1 atom stereocenters. The number of ether oxygens (including phenoxy) is 1. The molecule has 152 valence electrons. The topological polar surface area (TPSA) is 105 Å². The molecule has 2 N–H and O–H groups in total. The number of nitrogens with zero attached hydrogens (tertiary/aromatic N) is 1. The third-order valence-electron chi connectivity index (χ3n) is 5.04. The minimum absolute atomic E-state index is 0.0758. The van der Waals surface area contributed by atoms with Crippen LogP contribution in [0.1, 0.15) is 18.4 Å². The van der Waals surface area contributed by atoms with Crippen LogP contribution >= 0.6 is 0 Å². The lowest BCUT2D eigenvalue weighted by Gasteiger charge is -2.26. The number of carbonyl (C=O) groups excluding carboxylic acids is 2. The van der Waals surface area contributed by atoms with Gasteiger partial charge in [0, 0.05) is 18.3 Å². The van der Waals surface area contributed by atoms with Crippen molar-refractivity contribution >= 4 is 33.2 Å². The van der Waals surface area contributed by atoms with E-state index in [4.69, 9.17) is 4.74 Å². The maximum Gasteiger partial charge on any atom is 0.262 e. The van der Waals surface area contributed by atoms with Crippen molar-refractivity contribution in [2.75, 3.05) is 23.8 Å². The van der Waals surface area contributed by atoms with Crippen LogP contribution in [0.2, 0.25) is 0 Å². The zero-order chi connectivity index (χ0) is 20.6. The van der Waals surface area contributed by atoms with E-state index in [2.05, 4.69) is 10.6 Å². The van der Waals surface area contributed by atoms with Crippen molar-refractivity contribution in [2.24, 2.45) is 0 Å². The van der Waals surface area contributed by atoms with Crippen LogP contribution in [0.25, 0.3) is 0 Å². The Morgan fingerprint density at radius 2 is 2.00 bits per heavy atom. The fraction of sp³-hybridized carbons (Fsp3) is 0.300. The number of anilines is 2. The molecule has 2 aromatic carbocycles. The second-order valence-electron chi connectivity index (χ2n) is 7.08. The first-order valence-electron chi connectivity index (χ1n) is 9.31. The molecule has 0 spiro atoms. The number of benzene rings is 2. The Kier molecular flexibility index (Phi) is 5.01. The fourth-order valence-electron chi connectivity index (χ4n) is 3.66. The predicted molar refractivity (Wildman–Crippen MR) is 107 cm³/mol. The Labute approximate surface area is 168 Å². The van der Waals surface area contributed by atoms with Gasteiger partial charge in [-0.1, -0.05) is 18.2 Å². The van der Waals surface area contributed by atoms with Crippen LogP contribution in [0.5, 0.6) is 5.75 Å². The van der Waals surface area contributed by atoms with Gasteiger partial charge in [0.25, 0.3) is 5.91 Å². The lowest BCUT2D eigenvalue weighted by Crippen LogP contribution is -2.43. The summed E-state index contributed by atoms with van der Waals surface area (Å²) in [6, 6.07) is 11.2. The van der Waals surface area contributed by atoms with Gasteiger partial charge in [0.15, 0.2) is 6.61 Å². The lowest BCUT2D eigenvalue weighted by atomic mass is 10.2. The van der Waals surface area contributed by atoms with Gasteiger partial charge in [-0.05, 0) is 43.5 Å².